The topological polar surface area (TPSA) is 53.3 Å². The van der Waals surface area contributed by atoms with E-state index < -0.39 is 0 Å². The Morgan fingerprint density at radius 2 is 2.00 bits per heavy atom. The van der Waals surface area contributed by atoms with Gasteiger partial charge in [-0.25, -0.2) is 0 Å². The number of aryl methyl sites for hydroxylation is 1. The summed E-state index contributed by atoms with van der Waals surface area (Å²) in [4.78, 5) is 15.6. The highest BCUT2D eigenvalue weighted by molar-refractivity contribution is 5.98. The first-order chi connectivity index (χ1) is 14.0. The summed E-state index contributed by atoms with van der Waals surface area (Å²) in [7, 11) is 1.66. The number of methoxy groups -OCH3 is 1. The van der Waals surface area contributed by atoms with E-state index >= 15 is 0 Å². The first-order valence-corrected chi connectivity index (χ1v) is 10.5. The molecule has 29 heavy (non-hydrogen) atoms. The van der Waals surface area contributed by atoms with Crippen molar-refractivity contribution in [1.82, 2.24) is 0 Å². The average molecular weight is 391 g/mol. The second-order valence-corrected chi connectivity index (χ2v) is 8.01. The maximum Gasteiger partial charge on any atom is 0.234 e. The molecule has 0 fully saturated rings. The predicted molar refractivity (Wildman–Crippen MR) is 116 cm³/mol. The maximum atomic E-state index is 13.7. The lowest BCUT2D eigenvalue weighted by molar-refractivity contribution is -0.120. The molecule has 0 bridgehead atoms. The zero-order valence-corrected chi connectivity index (χ0v) is 17.6. The van der Waals surface area contributed by atoms with Gasteiger partial charge in [0.2, 0.25) is 5.91 Å². The lowest BCUT2D eigenvalue weighted by Gasteiger charge is -2.31. The molecule has 4 nitrogen and oxygen atoms in total. The van der Waals surface area contributed by atoms with E-state index in [0.29, 0.717) is 25.3 Å². The molecule has 1 unspecified atom stereocenters. The van der Waals surface area contributed by atoms with Gasteiger partial charge in [-0.3, -0.25) is 4.79 Å². The Labute approximate surface area is 174 Å². The van der Waals surface area contributed by atoms with Gasteiger partial charge in [-0.2, -0.15) is 5.26 Å². The molecule has 0 saturated carbocycles. The number of unbranched alkanes of at least 4 members (excludes halogenated alkanes) is 1. The molecule has 1 aliphatic rings. The van der Waals surface area contributed by atoms with Crippen molar-refractivity contribution in [3.63, 3.8) is 0 Å². The molecule has 4 heteroatoms. The van der Waals surface area contributed by atoms with Crippen LogP contribution in [0.25, 0.3) is 0 Å². The predicted octanol–water partition coefficient (Wildman–Crippen LogP) is 5.58. The number of hydrogen-bond acceptors (Lipinski definition) is 3. The highest BCUT2D eigenvalue weighted by Crippen LogP contribution is 2.36. The highest BCUT2D eigenvalue weighted by atomic mass is 16.5. The summed E-state index contributed by atoms with van der Waals surface area (Å²) in [6.07, 6.45) is 3.97. The van der Waals surface area contributed by atoms with Crippen LogP contribution in [-0.4, -0.2) is 19.6 Å². The number of carbonyl (C=O) groups excluding carboxylic acids is 1. The molecule has 0 aliphatic heterocycles. The number of carbonyl (C=O) groups is 1. The second kappa shape index (κ2) is 9.60. The molecule has 1 atom stereocenters. The van der Waals surface area contributed by atoms with Gasteiger partial charge in [-0.05, 0) is 72.6 Å². The van der Waals surface area contributed by atoms with E-state index in [4.69, 9.17) is 10.00 Å². The minimum atomic E-state index is -0.166. The lowest BCUT2D eigenvalue weighted by atomic mass is 9.81. The molecule has 0 heterocycles. The first-order valence-electron chi connectivity index (χ1n) is 10.5. The van der Waals surface area contributed by atoms with Gasteiger partial charge in [0.1, 0.15) is 5.75 Å². The Kier molecular flexibility index (Phi) is 6.93. The highest BCUT2D eigenvalue weighted by Gasteiger charge is 2.31. The fraction of sp³-hybridized carbons (Fsp3) is 0.440. The number of nitriles is 1. The largest absolute Gasteiger partial charge is 0.497 e. The minimum Gasteiger partial charge on any atom is -0.497 e. The van der Waals surface area contributed by atoms with E-state index in [1.807, 2.05) is 29.2 Å². The zero-order valence-electron chi connectivity index (χ0n) is 17.6. The average Bonchev–Trinajstić information content (AvgIpc) is 2.75. The summed E-state index contributed by atoms with van der Waals surface area (Å²) in [5, 5.41) is 8.96. The Morgan fingerprint density at radius 1 is 1.24 bits per heavy atom. The Bertz CT molecular complexity index is 881. The SMILES string of the molecule is COc1ccc2c(c1)C(C(=O)N(CCCC#N)c1ccc(C(C)C)cc1)CCC2. The molecule has 1 aliphatic carbocycles. The van der Waals surface area contributed by atoms with Crippen molar-refractivity contribution in [1.29, 1.82) is 5.26 Å². The summed E-state index contributed by atoms with van der Waals surface area (Å²) >= 11 is 0. The van der Waals surface area contributed by atoms with Crippen molar-refractivity contribution in [3.05, 3.63) is 59.2 Å². The summed E-state index contributed by atoms with van der Waals surface area (Å²) in [6.45, 7) is 4.89. The van der Waals surface area contributed by atoms with Crippen LogP contribution in [0, 0.1) is 11.3 Å². The zero-order chi connectivity index (χ0) is 20.8. The van der Waals surface area contributed by atoms with E-state index in [2.05, 4.69) is 38.1 Å². The van der Waals surface area contributed by atoms with E-state index in [9.17, 15) is 4.79 Å². The van der Waals surface area contributed by atoms with E-state index in [1.165, 1.54) is 11.1 Å². The van der Waals surface area contributed by atoms with E-state index in [-0.39, 0.29) is 11.8 Å². The molecule has 1 amide bonds. The van der Waals surface area contributed by atoms with Crippen LogP contribution in [0.5, 0.6) is 5.75 Å². The molecular weight excluding hydrogens is 360 g/mol. The van der Waals surface area contributed by atoms with Gasteiger partial charge in [0.05, 0.1) is 19.1 Å². The minimum absolute atomic E-state index is 0.120. The van der Waals surface area contributed by atoms with Crippen LogP contribution in [0.1, 0.15) is 68.1 Å². The summed E-state index contributed by atoms with van der Waals surface area (Å²) in [5.74, 6) is 1.19. The van der Waals surface area contributed by atoms with Crippen LogP contribution >= 0.6 is 0 Å². The van der Waals surface area contributed by atoms with E-state index in [1.54, 1.807) is 7.11 Å². The number of hydrogen-bond donors (Lipinski definition) is 0. The Morgan fingerprint density at radius 3 is 2.66 bits per heavy atom. The number of amides is 1. The van der Waals surface area contributed by atoms with Gasteiger partial charge in [-0.15, -0.1) is 0 Å². The number of fused-ring (bicyclic) bond motifs is 1. The third kappa shape index (κ3) is 4.79. The van der Waals surface area contributed by atoms with Crippen LogP contribution in [0.4, 0.5) is 5.69 Å². The van der Waals surface area contributed by atoms with Crippen LogP contribution in [0.15, 0.2) is 42.5 Å². The second-order valence-electron chi connectivity index (χ2n) is 8.01. The number of benzene rings is 2. The third-order valence-corrected chi connectivity index (χ3v) is 5.77. The molecule has 2 aromatic rings. The molecule has 0 radical (unpaired) electrons. The smallest absolute Gasteiger partial charge is 0.234 e. The number of ether oxygens (including phenoxy) is 1. The fourth-order valence-electron chi connectivity index (χ4n) is 4.07. The normalized spacial score (nSPS) is 15.5. The van der Waals surface area contributed by atoms with Crippen LogP contribution in [-0.2, 0) is 11.2 Å². The number of nitrogens with zero attached hydrogens (tertiary/aromatic N) is 2. The number of anilines is 1. The van der Waals surface area contributed by atoms with Crippen LogP contribution in [0.3, 0.4) is 0 Å². The molecule has 152 valence electrons. The van der Waals surface area contributed by atoms with Crippen LogP contribution < -0.4 is 9.64 Å². The number of rotatable bonds is 7. The first kappa shape index (κ1) is 20.9. The monoisotopic (exact) mass is 390 g/mol. The Balaban J connectivity index is 1.92. The van der Waals surface area contributed by atoms with Gasteiger partial charge >= 0.3 is 0 Å². The summed E-state index contributed by atoms with van der Waals surface area (Å²) < 4.78 is 5.41. The molecule has 0 N–H and O–H groups in total. The van der Waals surface area contributed by atoms with Gasteiger partial charge in [0.15, 0.2) is 0 Å². The quantitative estimate of drug-likeness (QED) is 0.580. The standard InChI is InChI=1S/C25H30N2O2/c1-18(2)19-9-12-21(13-10-19)27(16-5-4-15-26)25(28)23-8-6-7-20-11-14-22(29-3)17-24(20)23/h9-14,17-18,23H,4-8,16H2,1-3H3. The van der Waals surface area contributed by atoms with Crippen molar-refractivity contribution in [2.75, 3.05) is 18.6 Å². The summed E-state index contributed by atoms with van der Waals surface area (Å²) in [5.41, 5.74) is 4.49. The van der Waals surface area contributed by atoms with Crippen LogP contribution in [0.2, 0.25) is 0 Å². The third-order valence-electron chi connectivity index (χ3n) is 5.77. The summed E-state index contributed by atoms with van der Waals surface area (Å²) in [6, 6.07) is 16.5. The van der Waals surface area contributed by atoms with Gasteiger partial charge in [0, 0.05) is 18.7 Å². The van der Waals surface area contributed by atoms with Gasteiger partial charge < -0.3 is 9.64 Å². The molecule has 0 spiro atoms. The molecule has 3 rings (SSSR count). The fourth-order valence-corrected chi connectivity index (χ4v) is 4.07. The van der Waals surface area contributed by atoms with Crippen molar-refractivity contribution in [3.8, 4) is 11.8 Å². The van der Waals surface area contributed by atoms with Crippen molar-refractivity contribution in [2.24, 2.45) is 0 Å². The van der Waals surface area contributed by atoms with E-state index in [0.717, 1.165) is 36.3 Å². The molecule has 2 aromatic carbocycles. The maximum absolute atomic E-state index is 13.7. The molecule has 0 aromatic heterocycles. The van der Waals surface area contributed by atoms with Crippen molar-refractivity contribution >= 4 is 11.6 Å². The molecular formula is C25H30N2O2. The lowest BCUT2D eigenvalue weighted by Crippen LogP contribution is -2.37. The molecule has 0 saturated heterocycles. The van der Waals surface area contributed by atoms with Crippen molar-refractivity contribution in [2.45, 2.75) is 57.8 Å². The van der Waals surface area contributed by atoms with Gasteiger partial charge in [-0.1, -0.05) is 32.0 Å². The Hall–Kier alpha value is -2.80. The van der Waals surface area contributed by atoms with Gasteiger partial charge in [0.25, 0.3) is 0 Å². The van der Waals surface area contributed by atoms with Crippen molar-refractivity contribution < 1.29 is 9.53 Å².